The quantitative estimate of drug-likeness (QED) is 0.169. The standard InChI is InChI=1S/C22H34N4O5S3/c1-33-10-8-16(24-19(27)15(23)13-32)20(28)25-17(9-11-34-2)21(29)26-18(22(30)31)12-14-6-4-3-5-7-14/h3-7,15-18,32H,8-13,23H2,1-2H3,(H,24,27)(H,25,28)(H,26,29)(H,30,31). The third-order valence-electron chi connectivity index (χ3n) is 4.92. The molecule has 4 atom stereocenters. The molecule has 190 valence electrons. The van der Waals surface area contributed by atoms with Crippen molar-refractivity contribution in [2.75, 3.05) is 29.8 Å². The van der Waals surface area contributed by atoms with Crippen molar-refractivity contribution < 1.29 is 24.3 Å². The first-order valence-corrected chi connectivity index (χ1v) is 14.2. The van der Waals surface area contributed by atoms with Crippen LogP contribution in [0.3, 0.4) is 0 Å². The van der Waals surface area contributed by atoms with Crippen molar-refractivity contribution in [2.45, 2.75) is 43.4 Å². The highest BCUT2D eigenvalue weighted by Gasteiger charge is 2.30. The molecule has 0 aliphatic heterocycles. The van der Waals surface area contributed by atoms with Crippen LogP contribution in [0.1, 0.15) is 18.4 Å². The fraction of sp³-hybridized carbons (Fsp3) is 0.545. The molecule has 3 amide bonds. The molecule has 9 nitrogen and oxygen atoms in total. The number of carboxylic acids is 1. The summed E-state index contributed by atoms with van der Waals surface area (Å²) in [5.41, 5.74) is 6.47. The lowest BCUT2D eigenvalue weighted by molar-refractivity contribution is -0.142. The highest BCUT2D eigenvalue weighted by Crippen LogP contribution is 2.08. The summed E-state index contributed by atoms with van der Waals surface area (Å²) in [6, 6.07) is 5.12. The van der Waals surface area contributed by atoms with Crippen LogP contribution in [0.2, 0.25) is 0 Å². The first kappa shape index (κ1) is 30.1. The van der Waals surface area contributed by atoms with Gasteiger partial charge >= 0.3 is 5.97 Å². The van der Waals surface area contributed by atoms with E-state index in [4.69, 9.17) is 5.73 Å². The summed E-state index contributed by atoms with van der Waals surface area (Å²) in [7, 11) is 0. The minimum atomic E-state index is -1.17. The van der Waals surface area contributed by atoms with Crippen LogP contribution in [-0.4, -0.2) is 82.7 Å². The van der Waals surface area contributed by atoms with Gasteiger partial charge in [-0.3, -0.25) is 14.4 Å². The van der Waals surface area contributed by atoms with Crippen LogP contribution < -0.4 is 21.7 Å². The van der Waals surface area contributed by atoms with Gasteiger partial charge in [-0.15, -0.1) is 0 Å². The SMILES string of the molecule is CSCCC(NC(=O)C(N)CS)C(=O)NC(CCSC)C(=O)NC(Cc1ccccc1)C(=O)O. The van der Waals surface area contributed by atoms with Crippen molar-refractivity contribution in [1.29, 1.82) is 0 Å². The molecular weight excluding hydrogens is 496 g/mol. The normalized spacial score (nSPS) is 14.4. The minimum absolute atomic E-state index is 0.110. The Labute approximate surface area is 214 Å². The number of thioether (sulfide) groups is 2. The van der Waals surface area contributed by atoms with Crippen LogP contribution in [0, 0.1) is 0 Å². The second-order valence-electron chi connectivity index (χ2n) is 7.56. The third-order valence-corrected chi connectivity index (χ3v) is 6.60. The van der Waals surface area contributed by atoms with E-state index in [1.54, 1.807) is 24.3 Å². The van der Waals surface area contributed by atoms with E-state index in [0.717, 1.165) is 5.56 Å². The zero-order valence-electron chi connectivity index (χ0n) is 19.4. The van der Waals surface area contributed by atoms with Crippen LogP contribution in [-0.2, 0) is 25.6 Å². The van der Waals surface area contributed by atoms with Crippen molar-refractivity contribution in [2.24, 2.45) is 5.73 Å². The number of carbonyl (C=O) groups excluding carboxylic acids is 3. The van der Waals surface area contributed by atoms with E-state index in [0.29, 0.717) is 24.3 Å². The van der Waals surface area contributed by atoms with Gasteiger partial charge in [-0.25, -0.2) is 4.79 Å². The average Bonchev–Trinajstić information content (AvgIpc) is 2.83. The summed E-state index contributed by atoms with van der Waals surface area (Å²) >= 11 is 7.02. The predicted octanol–water partition coefficient (Wildman–Crippen LogP) is 0.531. The van der Waals surface area contributed by atoms with Crippen molar-refractivity contribution in [3.05, 3.63) is 35.9 Å². The van der Waals surface area contributed by atoms with Gasteiger partial charge in [0.15, 0.2) is 0 Å². The molecule has 0 radical (unpaired) electrons. The minimum Gasteiger partial charge on any atom is -0.480 e. The Hall–Kier alpha value is -1.89. The van der Waals surface area contributed by atoms with Crippen LogP contribution in [0.5, 0.6) is 0 Å². The van der Waals surface area contributed by atoms with E-state index in [2.05, 4.69) is 28.6 Å². The average molecular weight is 531 g/mol. The third kappa shape index (κ3) is 11.0. The van der Waals surface area contributed by atoms with Crippen LogP contribution in [0.4, 0.5) is 0 Å². The molecule has 34 heavy (non-hydrogen) atoms. The molecule has 12 heteroatoms. The molecule has 4 unspecified atom stereocenters. The Balaban J connectivity index is 2.94. The summed E-state index contributed by atoms with van der Waals surface area (Å²) in [5, 5.41) is 17.5. The summed E-state index contributed by atoms with van der Waals surface area (Å²) in [5.74, 6) is -1.49. The van der Waals surface area contributed by atoms with E-state index >= 15 is 0 Å². The molecule has 1 aromatic carbocycles. The Kier molecular flexibility index (Phi) is 14.8. The lowest BCUT2D eigenvalue weighted by Crippen LogP contribution is -2.57. The monoisotopic (exact) mass is 530 g/mol. The number of carboxylic acid groups (broad SMARTS) is 1. The van der Waals surface area contributed by atoms with Gasteiger partial charge < -0.3 is 26.8 Å². The molecule has 0 bridgehead atoms. The van der Waals surface area contributed by atoms with E-state index in [1.807, 2.05) is 18.6 Å². The second kappa shape index (κ2) is 16.7. The molecule has 0 fully saturated rings. The summed E-state index contributed by atoms with van der Waals surface area (Å²) < 4.78 is 0. The molecule has 0 saturated carbocycles. The Morgan fingerprint density at radius 3 is 1.79 bits per heavy atom. The van der Waals surface area contributed by atoms with E-state index in [9.17, 15) is 24.3 Å². The number of benzene rings is 1. The second-order valence-corrected chi connectivity index (χ2v) is 9.90. The molecule has 1 aromatic rings. The molecule has 0 spiro atoms. The van der Waals surface area contributed by atoms with E-state index in [-0.39, 0.29) is 12.2 Å². The number of aliphatic carboxylic acids is 1. The highest BCUT2D eigenvalue weighted by atomic mass is 32.2. The summed E-state index contributed by atoms with van der Waals surface area (Å²) in [6.45, 7) is 0. The van der Waals surface area contributed by atoms with Crippen molar-refractivity contribution >= 4 is 59.8 Å². The largest absolute Gasteiger partial charge is 0.480 e. The number of carbonyl (C=O) groups is 4. The van der Waals surface area contributed by atoms with Gasteiger partial charge in [0.05, 0.1) is 6.04 Å². The number of amides is 3. The van der Waals surface area contributed by atoms with Gasteiger partial charge in [-0.05, 0) is 42.4 Å². The summed E-state index contributed by atoms with van der Waals surface area (Å²) in [6.07, 6.45) is 4.51. The number of hydrogen-bond acceptors (Lipinski definition) is 8. The number of rotatable bonds is 16. The van der Waals surface area contributed by atoms with Gasteiger partial charge in [0, 0.05) is 12.2 Å². The molecule has 1 rings (SSSR count). The number of thiol groups is 1. The molecule has 0 heterocycles. The molecular formula is C22H34N4O5S3. The maximum atomic E-state index is 13.0. The lowest BCUT2D eigenvalue weighted by Gasteiger charge is -2.25. The van der Waals surface area contributed by atoms with Crippen LogP contribution >= 0.6 is 36.2 Å². The smallest absolute Gasteiger partial charge is 0.326 e. The fourth-order valence-electron chi connectivity index (χ4n) is 2.97. The number of nitrogens with one attached hydrogen (secondary N) is 3. The Morgan fingerprint density at radius 2 is 1.35 bits per heavy atom. The maximum absolute atomic E-state index is 13.0. The lowest BCUT2D eigenvalue weighted by atomic mass is 10.0. The van der Waals surface area contributed by atoms with Gasteiger partial charge in [0.2, 0.25) is 17.7 Å². The van der Waals surface area contributed by atoms with Crippen LogP contribution in [0.15, 0.2) is 30.3 Å². The topological polar surface area (TPSA) is 151 Å². The molecule has 0 aromatic heterocycles. The first-order valence-electron chi connectivity index (χ1n) is 10.8. The Morgan fingerprint density at radius 1 is 0.882 bits per heavy atom. The molecule has 0 saturated heterocycles. The first-order chi connectivity index (χ1) is 16.2. The fourth-order valence-corrected chi connectivity index (χ4v) is 4.07. The number of hydrogen-bond donors (Lipinski definition) is 6. The molecule has 0 aliphatic rings. The van der Waals surface area contributed by atoms with Crippen molar-refractivity contribution in [3.63, 3.8) is 0 Å². The van der Waals surface area contributed by atoms with Crippen molar-refractivity contribution in [1.82, 2.24) is 16.0 Å². The molecule has 6 N–H and O–H groups in total. The predicted molar refractivity (Wildman–Crippen MR) is 141 cm³/mol. The zero-order valence-corrected chi connectivity index (χ0v) is 21.9. The van der Waals surface area contributed by atoms with Crippen molar-refractivity contribution in [3.8, 4) is 0 Å². The van der Waals surface area contributed by atoms with Crippen LogP contribution in [0.25, 0.3) is 0 Å². The zero-order chi connectivity index (χ0) is 25.5. The van der Waals surface area contributed by atoms with Gasteiger partial charge in [0.1, 0.15) is 18.1 Å². The van der Waals surface area contributed by atoms with E-state index < -0.39 is 47.9 Å². The summed E-state index contributed by atoms with van der Waals surface area (Å²) in [4.78, 5) is 50.0. The van der Waals surface area contributed by atoms with Gasteiger partial charge in [0.25, 0.3) is 0 Å². The number of nitrogens with two attached hydrogens (primary N) is 1. The van der Waals surface area contributed by atoms with Gasteiger partial charge in [-0.1, -0.05) is 30.3 Å². The highest BCUT2D eigenvalue weighted by molar-refractivity contribution is 7.98. The van der Waals surface area contributed by atoms with E-state index in [1.165, 1.54) is 23.5 Å². The maximum Gasteiger partial charge on any atom is 0.326 e. The molecule has 0 aliphatic carbocycles. The Bertz CT molecular complexity index is 800. The van der Waals surface area contributed by atoms with Gasteiger partial charge in [-0.2, -0.15) is 36.2 Å².